The molecule has 1 aromatic rings. The fraction of sp³-hybridized carbons (Fsp3) is 0.545. The lowest BCUT2D eigenvalue weighted by atomic mass is 10.3. The van der Waals surface area contributed by atoms with Crippen LogP contribution in [0.15, 0.2) is 23.4 Å². The number of aromatic nitrogens is 1. The minimum Gasteiger partial charge on any atom is -0.392 e. The Morgan fingerprint density at radius 3 is 2.61 bits per heavy atom. The third-order valence-corrected chi connectivity index (χ3v) is 4.54. The quantitative estimate of drug-likeness (QED) is 0.803. The first-order valence-electron chi connectivity index (χ1n) is 5.46. The van der Waals surface area contributed by atoms with Gasteiger partial charge in [0.05, 0.1) is 13.2 Å². The highest BCUT2D eigenvalue weighted by Gasteiger charge is 2.26. The van der Waals surface area contributed by atoms with Crippen molar-refractivity contribution in [2.24, 2.45) is 0 Å². The maximum absolute atomic E-state index is 12.2. The first-order chi connectivity index (χ1) is 8.43. The molecule has 0 aromatic carbocycles. The Bertz CT molecular complexity index is 472. The van der Waals surface area contributed by atoms with E-state index in [1.165, 1.54) is 36.8 Å². The van der Waals surface area contributed by atoms with Gasteiger partial charge in [0, 0.05) is 26.4 Å². The summed E-state index contributed by atoms with van der Waals surface area (Å²) in [5.41, 5.74) is 0.571. The highest BCUT2D eigenvalue weighted by atomic mass is 32.2. The Hall–Kier alpha value is -1.02. The van der Waals surface area contributed by atoms with Gasteiger partial charge in [-0.05, 0) is 18.6 Å². The summed E-state index contributed by atoms with van der Waals surface area (Å²) < 4.78 is 30.5. The summed E-state index contributed by atoms with van der Waals surface area (Å²) in [6, 6.07) is 2.64. The monoisotopic (exact) mass is 274 g/mol. The molecule has 1 N–H and O–H groups in total. The molecule has 0 bridgehead atoms. The fourth-order valence-corrected chi connectivity index (χ4v) is 2.64. The van der Waals surface area contributed by atoms with Gasteiger partial charge < -0.3 is 9.84 Å². The minimum atomic E-state index is -3.62. The van der Waals surface area contributed by atoms with Crippen molar-refractivity contribution in [1.82, 2.24) is 9.29 Å². The van der Waals surface area contributed by atoms with Crippen LogP contribution in [0.25, 0.3) is 0 Å². The van der Waals surface area contributed by atoms with Crippen molar-refractivity contribution in [3.63, 3.8) is 0 Å². The van der Waals surface area contributed by atoms with Crippen LogP contribution >= 0.6 is 0 Å². The number of hydrogen-bond acceptors (Lipinski definition) is 5. The number of pyridine rings is 1. The SMILES string of the molecule is COCC(C)N(C)S(=O)(=O)c1ccc(CO)cn1. The molecular weight excluding hydrogens is 256 g/mol. The second kappa shape index (κ2) is 6.24. The van der Waals surface area contributed by atoms with Crippen molar-refractivity contribution in [1.29, 1.82) is 0 Å². The van der Waals surface area contributed by atoms with E-state index in [1.807, 2.05) is 0 Å². The molecule has 0 saturated carbocycles. The Kier molecular flexibility index (Phi) is 5.21. The molecule has 102 valence electrons. The van der Waals surface area contributed by atoms with Crippen LogP contribution in [-0.4, -0.2) is 49.6 Å². The maximum atomic E-state index is 12.2. The predicted octanol–water partition coefficient (Wildman–Crippen LogP) is 0.229. The van der Waals surface area contributed by atoms with Crippen LogP contribution in [0.4, 0.5) is 0 Å². The van der Waals surface area contributed by atoms with E-state index in [0.29, 0.717) is 12.2 Å². The molecule has 0 radical (unpaired) electrons. The zero-order valence-electron chi connectivity index (χ0n) is 10.7. The van der Waals surface area contributed by atoms with Crippen molar-refractivity contribution < 1.29 is 18.3 Å². The molecule has 7 heteroatoms. The summed E-state index contributed by atoms with van der Waals surface area (Å²) in [6.07, 6.45) is 1.35. The molecule has 0 aliphatic carbocycles. The van der Waals surface area contributed by atoms with E-state index in [-0.39, 0.29) is 17.7 Å². The lowest BCUT2D eigenvalue weighted by Crippen LogP contribution is -2.38. The van der Waals surface area contributed by atoms with Gasteiger partial charge in [-0.15, -0.1) is 0 Å². The Morgan fingerprint density at radius 1 is 1.50 bits per heavy atom. The molecule has 0 aliphatic heterocycles. The number of rotatable bonds is 6. The van der Waals surface area contributed by atoms with Gasteiger partial charge in [0.25, 0.3) is 10.0 Å². The summed E-state index contributed by atoms with van der Waals surface area (Å²) in [5.74, 6) is 0. The molecule has 0 saturated heterocycles. The predicted molar refractivity (Wildman–Crippen MR) is 66.4 cm³/mol. The molecule has 0 fully saturated rings. The molecule has 1 heterocycles. The Labute approximate surface area is 107 Å². The van der Waals surface area contributed by atoms with Crippen molar-refractivity contribution in [2.75, 3.05) is 20.8 Å². The zero-order valence-corrected chi connectivity index (χ0v) is 11.5. The average molecular weight is 274 g/mol. The zero-order chi connectivity index (χ0) is 13.8. The fourth-order valence-electron chi connectivity index (χ4n) is 1.39. The van der Waals surface area contributed by atoms with Crippen molar-refractivity contribution in [3.05, 3.63) is 23.9 Å². The van der Waals surface area contributed by atoms with Crippen LogP contribution in [0, 0.1) is 0 Å². The summed E-state index contributed by atoms with van der Waals surface area (Å²) in [4.78, 5) is 3.85. The van der Waals surface area contributed by atoms with Crippen LogP contribution in [0.1, 0.15) is 12.5 Å². The lowest BCUT2D eigenvalue weighted by Gasteiger charge is -2.23. The molecule has 6 nitrogen and oxygen atoms in total. The maximum Gasteiger partial charge on any atom is 0.260 e. The molecule has 1 rings (SSSR count). The number of methoxy groups -OCH3 is 1. The highest BCUT2D eigenvalue weighted by Crippen LogP contribution is 2.14. The number of nitrogens with zero attached hydrogens (tertiary/aromatic N) is 2. The van der Waals surface area contributed by atoms with Gasteiger partial charge in [-0.1, -0.05) is 6.07 Å². The standard InChI is InChI=1S/C11H18N2O4S/c1-9(8-17-3)13(2)18(15,16)11-5-4-10(7-14)6-12-11/h4-6,9,14H,7-8H2,1-3H3. The average Bonchev–Trinajstić information content (AvgIpc) is 2.38. The van der Waals surface area contributed by atoms with Crippen LogP contribution in [0.5, 0.6) is 0 Å². The molecule has 0 amide bonds. The van der Waals surface area contributed by atoms with Gasteiger partial charge in [-0.2, -0.15) is 4.31 Å². The molecular formula is C11H18N2O4S. The first-order valence-corrected chi connectivity index (χ1v) is 6.90. The van der Waals surface area contributed by atoms with Gasteiger partial charge in [0.2, 0.25) is 0 Å². The van der Waals surface area contributed by atoms with E-state index in [4.69, 9.17) is 9.84 Å². The minimum absolute atomic E-state index is 0.0369. The van der Waals surface area contributed by atoms with Crippen LogP contribution in [-0.2, 0) is 21.4 Å². The summed E-state index contributed by atoms with van der Waals surface area (Å²) in [5, 5.41) is 8.85. The van der Waals surface area contributed by atoms with Crippen molar-refractivity contribution in [2.45, 2.75) is 24.6 Å². The van der Waals surface area contributed by atoms with Gasteiger partial charge in [-0.3, -0.25) is 0 Å². The number of likely N-dealkylation sites (N-methyl/N-ethyl adjacent to an activating group) is 1. The highest BCUT2D eigenvalue weighted by molar-refractivity contribution is 7.89. The van der Waals surface area contributed by atoms with E-state index in [2.05, 4.69) is 4.98 Å². The van der Waals surface area contributed by atoms with Gasteiger partial charge >= 0.3 is 0 Å². The van der Waals surface area contributed by atoms with Gasteiger partial charge in [0.15, 0.2) is 5.03 Å². The summed E-state index contributed by atoms with van der Waals surface area (Å²) in [6.45, 7) is 1.90. The normalized spacial score (nSPS) is 13.8. The van der Waals surface area contributed by atoms with E-state index in [0.717, 1.165) is 0 Å². The molecule has 0 spiro atoms. The number of sulfonamides is 1. The molecule has 1 aromatic heterocycles. The largest absolute Gasteiger partial charge is 0.392 e. The third-order valence-electron chi connectivity index (χ3n) is 2.65. The number of hydrogen-bond donors (Lipinski definition) is 1. The topological polar surface area (TPSA) is 79.7 Å². The van der Waals surface area contributed by atoms with E-state index in [9.17, 15) is 8.42 Å². The molecule has 18 heavy (non-hydrogen) atoms. The first kappa shape index (κ1) is 15.0. The van der Waals surface area contributed by atoms with Crippen molar-refractivity contribution in [3.8, 4) is 0 Å². The Balaban J connectivity index is 2.97. The molecule has 1 unspecified atom stereocenters. The van der Waals surface area contributed by atoms with E-state index < -0.39 is 10.0 Å². The Morgan fingerprint density at radius 2 is 2.17 bits per heavy atom. The smallest absolute Gasteiger partial charge is 0.260 e. The van der Waals surface area contributed by atoms with E-state index >= 15 is 0 Å². The molecule has 0 aliphatic rings. The molecule has 1 atom stereocenters. The lowest BCUT2D eigenvalue weighted by molar-refractivity contribution is 0.149. The second-order valence-electron chi connectivity index (χ2n) is 3.99. The van der Waals surface area contributed by atoms with Crippen molar-refractivity contribution >= 4 is 10.0 Å². The summed E-state index contributed by atoms with van der Waals surface area (Å²) in [7, 11) is -0.619. The van der Waals surface area contributed by atoms with Gasteiger partial charge in [0.1, 0.15) is 0 Å². The number of aliphatic hydroxyl groups excluding tert-OH is 1. The summed E-state index contributed by atoms with van der Waals surface area (Å²) >= 11 is 0. The van der Waals surface area contributed by atoms with Crippen LogP contribution in [0.2, 0.25) is 0 Å². The second-order valence-corrected chi connectivity index (χ2v) is 5.93. The van der Waals surface area contributed by atoms with Crippen LogP contribution in [0.3, 0.4) is 0 Å². The van der Waals surface area contributed by atoms with Gasteiger partial charge in [-0.25, -0.2) is 13.4 Å². The van der Waals surface area contributed by atoms with E-state index in [1.54, 1.807) is 6.92 Å². The number of ether oxygens (including phenoxy) is 1. The number of aliphatic hydroxyl groups is 1. The van der Waals surface area contributed by atoms with Crippen LogP contribution < -0.4 is 0 Å². The third kappa shape index (κ3) is 3.26.